The molecule has 2 N–H and O–H groups in total. The van der Waals surface area contributed by atoms with Gasteiger partial charge in [-0.2, -0.15) is 0 Å². The lowest BCUT2D eigenvalue weighted by Gasteiger charge is -2.21. The van der Waals surface area contributed by atoms with Gasteiger partial charge in [-0.3, -0.25) is 4.79 Å². The molecule has 0 radical (unpaired) electrons. The molecular weight excluding hydrogens is 340 g/mol. The summed E-state index contributed by atoms with van der Waals surface area (Å²) in [6.45, 7) is 0. The molecule has 2 aliphatic rings. The van der Waals surface area contributed by atoms with Crippen LogP contribution in [0.2, 0.25) is 5.02 Å². The fourth-order valence-corrected chi connectivity index (χ4v) is 4.49. The second kappa shape index (κ2) is 6.79. The molecular formula is C19H19ClN2OS. The highest BCUT2D eigenvalue weighted by molar-refractivity contribution is 7.99. The molecule has 0 aliphatic carbocycles. The summed E-state index contributed by atoms with van der Waals surface area (Å²) >= 11 is 7.56. The standard InChI is InChI=1S/C19H19ClN2OS/c20-13-3-8-16(9-4-13)24-15-6-1-12(2-7-15)19(23)22-18-11-14-5-10-17(18)21-14/h1-4,6-9,14,17-18,21H,5,10-11H2,(H,22,23)/t14-,17+,18-/m1/s1. The zero-order chi connectivity index (χ0) is 16.5. The molecule has 0 spiro atoms. The Labute approximate surface area is 151 Å². The van der Waals surface area contributed by atoms with Crippen LogP contribution in [0.15, 0.2) is 58.3 Å². The van der Waals surface area contributed by atoms with E-state index in [0.717, 1.165) is 26.8 Å². The topological polar surface area (TPSA) is 41.1 Å². The van der Waals surface area contributed by atoms with Gasteiger partial charge in [0.1, 0.15) is 0 Å². The summed E-state index contributed by atoms with van der Waals surface area (Å²) < 4.78 is 0. The number of halogens is 1. The minimum Gasteiger partial charge on any atom is -0.348 e. The first-order valence-electron chi connectivity index (χ1n) is 8.28. The summed E-state index contributed by atoms with van der Waals surface area (Å²) in [5, 5.41) is 7.46. The first kappa shape index (κ1) is 16.0. The molecule has 0 unspecified atom stereocenters. The maximum absolute atomic E-state index is 12.4. The number of benzene rings is 2. The average molecular weight is 359 g/mol. The number of carbonyl (C=O) groups excluding carboxylic acids is 1. The van der Waals surface area contributed by atoms with E-state index in [1.807, 2.05) is 48.5 Å². The number of nitrogens with one attached hydrogen (secondary N) is 2. The highest BCUT2D eigenvalue weighted by Crippen LogP contribution is 2.30. The largest absolute Gasteiger partial charge is 0.348 e. The van der Waals surface area contributed by atoms with Crippen molar-refractivity contribution >= 4 is 29.3 Å². The summed E-state index contributed by atoms with van der Waals surface area (Å²) in [5.41, 5.74) is 0.721. The Bertz CT molecular complexity index is 732. The van der Waals surface area contributed by atoms with E-state index in [9.17, 15) is 4.79 Å². The van der Waals surface area contributed by atoms with Gasteiger partial charge in [0.2, 0.25) is 0 Å². The molecule has 3 atom stereocenters. The zero-order valence-corrected chi connectivity index (χ0v) is 14.7. The number of hydrogen-bond acceptors (Lipinski definition) is 3. The van der Waals surface area contributed by atoms with Crippen molar-refractivity contribution in [3.63, 3.8) is 0 Å². The molecule has 4 rings (SSSR count). The van der Waals surface area contributed by atoms with Crippen LogP contribution in [0.3, 0.4) is 0 Å². The van der Waals surface area contributed by atoms with Gasteiger partial charge in [0, 0.05) is 38.5 Å². The Morgan fingerprint density at radius 1 is 1.04 bits per heavy atom. The molecule has 24 heavy (non-hydrogen) atoms. The normalized spacial score (nSPS) is 25.0. The van der Waals surface area contributed by atoms with Crippen LogP contribution < -0.4 is 10.6 Å². The summed E-state index contributed by atoms with van der Waals surface area (Å²) in [5.74, 6) is 0.0254. The first-order valence-corrected chi connectivity index (χ1v) is 9.47. The van der Waals surface area contributed by atoms with Crippen LogP contribution >= 0.6 is 23.4 Å². The lowest BCUT2D eigenvalue weighted by molar-refractivity contribution is 0.0931. The Morgan fingerprint density at radius 2 is 1.71 bits per heavy atom. The predicted molar refractivity (Wildman–Crippen MR) is 97.8 cm³/mol. The second-order valence-electron chi connectivity index (χ2n) is 6.44. The molecule has 3 nitrogen and oxygen atoms in total. The third-order valence-electron chi connectivity index (χ3n) is 4.78. The maximum Gasteiger partial charge on any atom is 0.251 e. The summed E-state index contributed by atoms with van der Waals surface area (Å²) in [7, 11) is 0. The first-order chi connectivity index (χ1) is 11.7. The molecule has 2 aromatic rings. The van der Waals surface area contributed by atoms with Crippen LogP contribution in [0.25, 0.3) is 0 Å². The predicted octanol–water partition coefficient (Wildman–Crippen LogP) is 4.11. The third kappa shape index (κ3) is 3.46. The number of fused-ring (bicyclic) bond motifs is 2. The van der Waals surface area contributed by atoms with Gasteiger partial charge in [-0.25, -0.2) is 0 Å². The smallest absolute Gasteiger partial charge is 0.251 e. The summed E-state index contributed by atoms with van der Waals surface area (Å²) in [6, 6.07) is 16.9. The molecule has 2 heterocycles. The molecule has 5 heteroatoms. The van der Waals surface area contributed by atoms with Crippen LogP contribution in [-0.4, -0.2) is 24.0 Å². The van der Waals surface area contributed by atoms with Gasteiger partial charge in [-0.1, -0.05) is 23.4 Å². The SMILES string of the molecule is O=C(N[C@@H]1C[C@H]2CC[C@@H]1N2)c1ccc(Sc2ccc(Cl)cc2)cc1. The van der Waals surface area contributed by atoms with Crippen molar-refractivity contribution in [2.45, 2.75) is 47.2 Å². The maximum atomic E-state index is 12.4. The van der Waals surface area contributed by atoms with Crippen molar-refractivity contribution in [2.24, 2.45) is 0 Å². The summed E-state index contributed by atoms with van der Waals surface area (Å²) in [4.78, 5) is 14.7. The number of carbonyl (C=O) groups is 1. The highest BCUT2D eigenvalue weighted by Gasteiger charge is 2.39. The van der Waals surface area contributed by atoms with E-state index in [-0.39, 0.29) is 11.9 Å². The molecule has 0 aromatic heterocycles. The summed E-state index contributed by atoms with van der Waals surface area (Å²) in [6.07, 6.45) is 3.47. The third-order valence-corrected chi connectivity index (χ3v) is 6.05. The highest BCUT2D eigenvalue weighted by atomic mass is 35.5. The number of rotatable bonds is 4. The van der Waals surface area contributed by atoms with Crippen molar-refractivity contribution in [1.29, 1.82) is 0 Å². The molecule has 124 valence electrons. The minimum absolute atomic E-state index is 0.0254. The zero-order valence-electron chi connectivity index (χ0n) is 13.2. The average Bonchev–Trinajstić information content (AvgIpc) is 3.20. The second-order valence-corrected chi connectivity index (χ2v) is 8.03. The number of amides is 1. The number of hydrogen-bond donors (Lipinski definition) is 2. The van der Waals surface area contributed by atoms with Gasteiger partial charge < -0.3 is 10.6 Å². The molecule has 2 aromatic carbocycles. The van der Waals surface area contributed by atoms with Gasteiger partial charge in [-0.15, -0.1) is 0 Å². The molecule has 2 fully saturated rings. The fourth-order valence-electron chi connectivity index (χ4n) is 3.55. The van der Waals surface area contributed by atoms with Crippen molar-refractivity contribution in [1.82, 2.24) is 10.6 Å². The van der Waals surface area contributed by atoms with Gasteiger partial charge in [0.05, 0.1) is 0 Å². The van der Waals surface area contributed by atoms with Crippen LogP contribution in [0, 0.1) is 0 Å². The van der Waals surface area contributed by atoms with Crippen LogP contribution in [0.4, 0.5) is 0 Å². The van der Waals surface area contributed by atoms with E-state index in [1.165, 1.54) is 12.8 Å². The quantitative estimate of drug-likeness (QED) is 0.864. The van der Waals surface area contributed by atoms with Crippen molar-refractivity contribution in [3.8, 4) is 0 Å². The molecule has 2 saturated heterocycles. The lowest BCUT2D eigenvalue weighted by Crippen LogP contribution is -2.42. The molecule has 1 amide bonds. The molecule has 2 aliphatic heterocycles. The van der Waals surface area contributed by atoms with Gasteiger partial charge in [0.25, 0.3) is 5.91 Å². The Kier molecular flexibility index (Phi) is 4.53. The van der Waals surface area contributed by atoms with E-state index in [0.29, 0.717) is 12.1 Å². The van der Waals surface area contributed by atoms with Crippen molar-refractivity contribution in [3.05, 3.63) is 59.1 Å². The Balaban J connectivity index is 1.38. The van der Waals surface area contributed by atoms with E-state index in [1.54, 1.807) is 11.8 Å². The fraction of sp³-hybridized carbons (Fsp3) is 0.316. The van der Waals surface area contributed by atoms with Gasteiger partial charge >= 0.3 is 0 Å². The molecule has 2 bridgehead atoms. The van der Waals surface area contributed by atoms with Crippen LogP contribution in [0.5, 0.6) is 0 Å². The van der Waals surface area contributed by atoms with E-state index in [2.05, 4.69) is 10.6 Å². The minimum atomic E-state index is 0.0254. The lowest BCUT2D eigenvalue weighted by atomic mass is 9.95. The Morgan fingerprint density at radius 3 is 2.29 bits per heavy atom. The Hall–Kier alpha value is -1.49. The van der Waals surface area contributed by atoms with Gasteiger partial charge in [0.15, 0.2) is 0 Å². The monoisotopic (exact) mass is 358 g/mol. The van der Waals surface area contributed by atoms with Crippen LogP contribution in [0.1, 0.15) is 29.6 Å². The van der Waals surface area contributed by atoms with E-state index in [4.69, 9.17) is 11.6 Å². The van der Waals surface area contributed by atoms with E-state index < -0.39 is 0 Å². The van der Waals surface area contributed by atoms with E-state index >= 15 is 0 Å². The van der Waals surface area contributed by atoms with Crippen molar-refractivity contribution < 1.29 is 4.79 Å². The van der Waals surface area contributed by atoms with Gasteiger partial charge in [-0.05, 0) is 67.8 Å². The molecule has 0 saturated carbocycles. The van der Waals surface area contributed by atoms with Crippen LogP contribution in [-0.2, 0) is 0 Å². The van der Waals surface area contributed by atoms with Crippen molar-refractivity contribution in [2.75, 3.05) is 0 Å².